The summed E-state index contributed by atoms with van der Waals surface area (Å²) >= 11 is 0. The van der Waals surface area contributed by atoms with E-state index in [1.54, 1.807) is 0 Å². The van der Waals surface area contributed by atoms with Crippen LogP contribution in [-0.2, 0) is 14.3 Å². The quantitative estimate of drug-likeness (QED) is 0.0324. The summed E-state index contributed by atoms with van der Waals surface area (Å²) in [6.07, 6.45) is 55.4. The number of aliphatic hydroxyl groups is 2. The molecule has 0 saturated heterocycles. The molecule has 2 atom stereocenters. The van der Waals surface area contributed by atoms with Crippen LogP contribution in [0, 0.1) is 0 Å². The molecule has 6 heteroatoms. The molecule has 0 saturated carbocycles. The molecule has 0 aliphatic rings. The average Bonchev–Trinajstić information content (AvgIpc) is 3.21. The molecule has 0 bridgehead atoms. The van der Waals surface area contributed by atoms with Crippen LogP contribution >= 0.6 is 0 Å². The first kappa shape index (κ1) is 55.1. The highest BCUT2D eigenvalue weighted by Crippen LogP contribution is 2.15. The minimum absolute atomic E-state index is 0.0397. The van der Waals surface area contributed by atoms with Crippen LogP contribution in [0.2, 0.25) is 0 Å². The van der Waals surface area contributed by atoms with Crippen LogP contribution < -0.4 is 5.32 Å². The molecule has 0 aromatic heterocycles. The maximum Gasteiger partial charge on any atom is 0.305 e. The summed E-state index contributed by atoms with van der Waals surface area (Å²) in [5.41, 5.74) is 0. The number of carbonyl (C=O) groups excluding carboxylic acids is 2. The zero-order valence-electron chi connectivity index (χ0n) is 37.8. The fourth-order valence-corrected chi connectivity index (χ4v) is 7.31. The van der Waals surface area contributed by atoms with E-state index in [0.29, 0.717) is 25.9 Å². The summed E-state index contributed by atoms with van der Waals surface area (Å²) in [6.45, 7) is 4.83. The number of carbonyl (C=O) groups is 2. The van der Waals surface area contributed by atoms with E-state index in [4.69, 9.17) is 4.74 Å². The molecule has 0 rings (SSSR count). The van der Waals surface area contributed by atoms with E-state index < -0.39 is 12.1 Å². The van der Waals surface area contributed by atoms with Crippen molar-refractivity contribution in [2.75, 3.05) is 13.2 Å². The van der Waals surface area contributed by atoms with Crippen LogP contribution in [0.15, 0.2) is 36.5 Å². The van der Waals surface area contributed by atoms with E-state index in [-0.39, 0.29) is 18.5 Å². The molecule has 0 aliphatic heterocycles. The van der Waals surface area contributed by atoms with Gasteiger partial charge in [0.1, 0.15) is 0 Å². The highest BCUT2D eigenvalue weighted by Gasteiger charge is 2.20. The highest BCUT2D eigenvalue weighted by atomic mass is 16.5. The number of rotatable bonds is 45. The average molecular weight is 802 g/mol. The summed E-state index contributed by atoms with van der Waals surface area (Å²) in [4.78, 5) is 24.4. The van der Waals surface area contributed by atoms with Gasteiger partial charge in [-0.1, -0.05) is 192 Å². The number of allylic oxidation sites excluding steroid dienone is 6. The Hall–Kier alpha value is -1.92. The molecule has 0 fully saturated rings. The number of hydrogen-bond donors (Lipinski definition) is 3. The van der Waals surface area contributed by atoms with Crippen LogP contribution in [-0.4, -0.2) is 47.4 Å². The van der Waals surface area contributed by atoms with Gasteiger partial charge >= 0.3 is 5.97 Å². The SMILES string of the molecule is CCCCC/C=C\C/C=C\CCCCCCCCCC(=O)OCCCC/C=C\CCCCCCCC(=O)NC(CO)C(O)CCCCCCCCCCCCCC. The Balaban J connectivity index is 3.52. The maximum absolute atomic E-state index is 12.4. The van der Waals surface area contributed by atoms with Crippen molar-refractivity contribution < 1.29 is 24.5 Å². The van der Waals surface area contributed by atoms with Crippen LogP contribution in [0.25, 0.3) is 0 Å². The molecular formula is C51H95NO5. The molecule has 3 N–H and O–H groups in total. The molecule has 0 spiro atoms. The number of aliphatic hydroxyl groups excluding tert-OH is 2. The summed E-state index contributed by atoms with van der Waals surface area (Å²) in [7, 11) is 0. The van der Waals surface area contributed by atoms with Gasteiger partial charge in [-0.2, -0.15) is 0 Å². The number of esters is 1. The first-order chi connectivity index (χ1) is 28.0. The van der Waals surface area contributed by atoms with Gasteiger partial charge in [-0.05, 0) is 83.5 Å². The van der Waals surface area contributed by atoms with Crippen molar-refractivity contribution in [2.24, 2.45) is 0 Å². The third-order valence-corrected chi connectivity index (χ3v) is 11.2. The Labute approximate surface area is 353 Å². The second-order valence-corrected chi connectivity index (χ2v) is 16.8. The molecule has 6 nitrogen and oxygen atoms in total. The predicted octanol–water partition coefficient (Wildman–Crippen LogP) is 14.5. The van der Waals surface area contributed by atoms with Gasteiger partial charge in [0.05, 0.1) is 25.4 Å². The summed E-state index contributed by atoms with van der Waals surface area (Å²) in [5.74, 6) is -0.106. The van der Waals surface area contributed by atoms with Crippen molar-refractivity contribution in [3.63, 3.8) is 0 Å². The van der Waals surface area contributed by atoms with Gasteiger partial charge < -0.3 is 20.3 Å². The number of unbranched alkanes of at least 4 members (excludes halogenated alkanes) is 28. The number of hydrogen-bond acceptors (Lipinski definition) is 5. The van der Waals surface area contributed by atoms with Crippen molar-refractivity contribution >= 4 is 11.9 Å². The fourth-order valence-electron chi connectivity index (χ4n) is 7.31. The second kappa shape index (κ2) is 46.8. The minimum Gasteiger partial charge on any atom is -0.466 e. The molecule has 0 heterocycles. The first-order valence-electron chi connectivity index (χ1n) is 24.7. The number of ether oxygens (including phenoxy) is 1. The molecule has 1 amide bonds. The van der Waals surface area contributed by atoms with Crippen LogP contribution in [0.3, 0.4) is 0 Å². The van der Waals surface area contributed by atoms with Crippen molar-refractivity contribution in [3.8, 4) is 0 Å². The standard InChI is InChI=1S/C51H95NO5/c1-3-5-7-9-11-13-15-17-18-19-20-21-25-29-33-37-41-45-51(56)57-46-42-38-34-30-26-22-24-28-32-36-40-44-50(55)52-48(47-53)49(54)43-39-35-31-27-23-16-14-12-10-8-6-4-2/h11,13,17-18,26,30,48-49,53-54H,3-10,12,14-16,19-25,27-29,31-47H2,1-2H3,(H,52,55)/b13-11-,18-17-,30-26-. The minimum atomic E-state index is -0.682. The van der Waals surface area contributed by atoms with E-state index in [2.05, 4.69) is 55.6 Å². The van der Waals surface area contributed by atoms with Crippen LogP contribution in [0.1, 0.15) is 251 Å². The van der Waals surface area contributed by atoms with Gasteiger partial charge in [-0.25, -0.2) is 0 Å². The van der Waals surface area contributed by atoms with Crippen molar-refractivity contribution in [1.82, 2.24) is 5.32 Å². The first-order valence-corrected chi connectivity index (χ1v) is 24.7. The molecular weight excluding hydrogens is 707 g/mol. The number of amides is 1. The van der Waals surface area contributed by atoms with Gasteiger partial charge in [0.15, 0.2) is 0 Å². The molecule has 0 aliphatic carbocycles. The molecule has 0 aromatic rings. The van der Waals surface area contributed by atoms with E-state index in [9.17, 15) is 19.8 Å². The summed E-state index contributed by atoms with van der Waals surface area (Å²) in [6, 6.07) is -0.562. The van der Waals surface area contributed by atoms with Crippen molar-refractivity contribution in [2.45, 2.75) is 264 Å². The Morgan fingerprint density at radius 3 is 1.39 bits per heavy atom. The summed E-state index contributed by atoms with van der Waals surface area (Å²) in [5, 5.41) is 23.1. The molecule has 57 heavy (non-hydrogen) atoms. The molecule has 334 valence electrons. The Morgan fingerprint density at radius 1 is 0.491 bits per heavy atom. The van der Waals surface area contributed by atoms with Gasteiger partial charge in [0.2, 0.25) is 5.91 Å². The van der Waals surface area contributed by atoms with Crippen LogP contribution in [0.5, 0.6) is 0 Å². The van der Waals surface area contributed by atoms with Gasteiger partial charge in [-0.3, -0.25) is 9.59 Å². The number of nitrogens with one attached hydrogen (secondary N) is 1. The van der Waals surface area contributed by atoms with Gasteiger partial charge in [0.25, 0.3) is 0 Å². The van der Waals surface area contributed by atoms with E-state index >= 15 is 0 Å². The monoisotopic (exact) mass is 802 g/mol. The zero-order chi connectivity index (χ0) is 41.5. The molecule has 2 unspecified atom stereocenters. The Bertz CT molecular complexity index is 931. The lowest BCUT2D eigenvalue weighted by atomic mass is 10.0. The Morgan fingerprint density at radius 2 is 0.877 bits per heavy atom. The largest absolute Gasteiger partial charge is 0.466 e. The lowest BCUT2D eigenvalue weighted by Gasteiger charge is -2.22. The summed E-state index contributed by atoms with van der Waals surface area (Å²) < 4.78 is 5.43. The Kier molecular flexibility index (Phi) is 45.2. The molecule has 0 aromatic carbocycles. The zero-order valence-corrected chi connectivity index (χ0v) is 37.8. The topological polar surface area (TPSA) is 95.9 Å². The third kappa shape index (κ3) is 43.5. The van der Waals surface area contributed by atoms with Gasteiger partial charge in [0, 0.05) is 12.8 Å². The van der Waals surface area contributed by atoms with Gasteiger partial charge in [-0.15, -0.1) is 0 Å². The highest BCUT2D eigenvalue weighted by molar-refractivity contribution is 5.76. The van der Waals surface area contributed by atoms with Crippen molar-refractivity contribution in [1.29, 1.82) is 0 Å². The van der Waals surface area contributed by atoms with E-state index in [1.807, 2.05) is 0 Å². The lowest BCUT2D eigenvalue weighted by molar-refractivity contribution is -0.143. The van der Waals surface area contributed by atoms with Crippen molar-refractivity contribution in [3.05, 3.63) is 36.5 Å². The predicted molar refractivity (Wildman–Crippen MR) is 246 cm³/mol. The van der Waals surface area contributed by atoms with E-state index in [0.717, 1.165) is 89.9 Å². The third-order valence-electron chi connectivity index (χ3n) is 11.2. The fraction of sp³-hybridized carbons (Fsp3) is 0.843. The normalized spacial score (nSPS) is 13.0. The second-order valence-electron chi connectivity index (χ2n) is 16.8. The molecule has 0 radical (unpaired) electrons. The van der Waals surface area contributed by atoms with Crippen LogP contribution in [0.4, 0.5) is 0 Å². The lowest BCUT2D eigenvalue weighted by Crippen LogP contribution is -2.45. The van der Waals surface area contributed by atoms with E-state index in [1.165, 1.54) is 128 Å². The maximum atomic E-state index is 12.4. The smallest absolute Gasteiger partial charge is 0.305 e.